The van der Waals surface area contributed by atoms with Crippen LogP contribution in [0, 0.1) is 23.5 Å². The lowest BCUT2D eigenvalue weighted by Crippen LogP contribution is -2.04. The van der Waals surface area contributed by atoms with Gasteiger partial charge in [-0.25, -0.2) is 8.78 Å². The first-order valence-corrected chi connectivity index (χ1v) is 11.5. The molecule has 0 fully saturated rings. The van der Waals surface area contributed by atoms with Gasteiger partial charge in [0.15, 0.2) is 11.6 Å². The van der Waals surface area contributed by atoms with E-state index in [0.717, 1.165) is 41.5 Å². The van der Waals surface area contributed by atoms with Crippen molar-refractivity contribution in [2.45, 2.75) is 39.2 Å². The Labute approximate surface area is 202 Å². The van der Waals surface area contributed by atoms with Gasteiger partial charge >= 0.3 is 6.61 Å². The van der Waals surface area contributed by atoms with Crippen molar-refractivity contribution >= 4 is 10.8 Å². The number of fused-ring (bicyclic) bond motifs is 1. The Kier molecular flexibility index (Phi) is 7.72. The van der Waals surface area contributed by atoms with E-state index in [0.29, 0.717) is 29.4 Å². The third kappa shape index (κ3) is 6.22. The summed E-state index contributed by atoms with van der Waals surface area (Å²) in [6.07, 6.45) is 2.84. The minimum Gasteiger partial charge on any atom is -0.432 e. The van der Waals surface area contributed by atoms with E-state index in [9.17, 15) is 13.2 Å². The van der Waals surface area contributed by atoms with Gasteiger partial charge in [-0.1, -0.05) is 61.6 Å². The van der Waals surface area contributed by atoms with Crippen molar-refractivity contribution in [1.29, 1.82) is 0 Å². The molecule has 0 aliphatic rings. The van der Waals surface area contributed by atoms with Gasteiger partial charge in [0, 0.05) is 16.5 Å². The maximum absolute atomic E-state index is 15.1. The van der Waals surface area contributed by atoms with Gasteiger partial charge in [0.1, 0.15) is 5.82 Å². The largest absolute Gasteiger partial charge is 0.432 e. The number of alkyl halides is 2. The molecule has 1 nitrogen and oxygen atoms in total. The molecular formula is C30H24F4O. The Hall–Kier alpha value is -3.78. The molecule has 0 N–H and O–H groups in total. The number of aryl methyl sites for hydroxylation is 3. The Bertz CT molecular complexity index is 1380. The van der Waals surface area contributed by atoms with Gasteiger partial charge in [0.25, 0.3) is 0 Å². The van der Waals surface area contributed by atoms with Crippen LogP contribution in [0.5, 0.6) is 5.75 Å². The second kappa shape index (κ2) is 11.1. The Morgan fingerprint density at radius 3 is 2.17 bits per heavy atom. The highest BCUT2D eigenvalue weighted by Crippen LogP contribution is 2.25. The minimum absolute atomic E-state index is 0.327. The van der Waals surface area contributed by atoms with Crippen molar-refractivity contribution < 1.29 is 22.3 Å². The average molecular weight is 477 g/mol. The van der Waals surface area contributed by atoms with E-state index < -0.39 is 18.2 Å². The van der Waals surface area contributed by atoms with E-state index in [1.165, 1.54) is 11.6 Å². The molecule has 0 aromatic heterocycles. The monoisotopic (exact) mass is 476 g/mol. The Balaban J connectivity index is 1.47. The van der Waals surface area contributed by atoms with Crippen LogP contribution in [0.3, 0.4) is 0 Å². The molecule has 0 aliphatic carbocycles. The van der Waals surface area contributed by atoms with Crippen LogP contribution in [0.1, 0.15) is 41.2 Å². The Morgan fingerprint density at radius 2 is 1.46 bits per heavy atom. The smallest absolute Gasteiger partial charge is 0.387 e. The molecule has 4 rings (SSSR count). The molecule has 0 saturated heterocycles. The fourth-order valence-corrected chi connectivity index (χ4v) is 3.97. The standard InChI is InChI=1S/C30H24F4O/c1-2-3-20-4-6-21(7-5-20)8-9-22-11-16-26-25(18-22)15-14-24(29(26)32)13-10-23-12-17-28(27(31)19-23)35-30(33)34/h4-7,11-12,14-19,30H,2-3,10,13H2,1H3. The van der Waals surface area contributed by atoms with Crippen molar-refractivity contribution in [3.63, 3.8) is 0 Å². The molecule has 35 heavy (non-hydrogen) atoms. The highest BCUT2D eigenvalue weighted by atomic mass is 19.3. The van der Waals surface area contributed by atoms with E-state index in [1.54, 1.807) is 18.2 Å². The van der Waals surface area contributed by atoms with Gasteiger partial charge in [0.2, 0.25) is 0 Å². The van der Waals surface area contributed by atoms with Crippen molar-refractivity contribution in [1.82, 2.24) is 0 Å². The van der Waals surface area contributed by atoms with Gasteiger partial charge in [-0.15, -0.1) is 0 Å². The zero-order valence-corrected chi connectivity index (χ0v) is 19.3. The Morgan fingerprint density at radius 1 is 0.743 bits per heavy atom. The molecule has 0 atom stereocenters. The van der Waals surface area contributed by atoms with Gasteiger partial charge in [-0.2, -0.15) is 8.78 Å². The van der Waals surface area contributed by atoms with E-state index in [1.807, 2.05) is 24.3 Å². The summed E-state index contributed by atoms with van der Waals surface area (Å²) in [7, 11) is 0. The predicted octanol–water partition coefficient (Wildman–Crippen LogP) is 7.86. The highest BCUT2D eigenvalue weighted by molar-refractivity contribution is 5.85. The molecule has 0 saturated carbocycles. The SMILES string of the molecule is CCCc1ccc(C#Cc2ccc3c(F)c(CCc4ccc(OC(F)F)c(F)c4)ccc3c2)cc1. The van der Waals surface area contributed by atoms with Crippen LogP contribution in [-0.4, -0.2) is 6.61 Å². The molecule has 0 spiro atoms. The van der Waals surface area contributed by atoms with Crippen LogP contribution >= 0.6 is 0 Å². The minimum atomic E-state index is -3.09. The van der Waals surface area contributed by atoms with Gasteiger partial charge in [-0.3, -0.25) is 0 Å². The summed E-state index contributed by atoms with van der Waals surface area (Å²) in [5, 5.41) is 1.24. The summed E-state index contributed by atoms with van der Waals surface area (Å²) in [6.45, 7) is -0.944. The van der Waals surface area contributed by atoms with Crippen LogP contribution in [0.25, 0.3) is 10.8 Å². The fraction of sp³-hybridized carbons (Fsp3) is 0.200. The molecule has 178 valence electrons. The average Bonchev–Trinajstić information content (AvgIpc) is 2.85. The van der Waals surface area contributed by atoms with Crippen molar-refractivity contribution in [3.05, 3.63) is 112 Å². The summed E-state index contributed by atoms with van der Waals surface area (Å²) in [5.74, 6) is 4.59. The second-order valence-corrected chi connectivity index (χ2v) is 8.31. The van der Waals surface area contributed by atoms with Crippen molar-refractivity contribution in [2.24, 2.45) is 0 Å². The number of rotatable bonds is 7. The van der Waals surface area contributed by atoms with Crippen molar-refractivity contribution in [2.75, 3.05) is 0 Å². The maximum Gasteiger partial charge on any atom is 0.387 e. The number of ether oxygens (including phenoxy) is 1. The second-order valence-electron chi connectivity index (χ2n) is 8.31. The quantitative estimate of drug-likeness (QED) is 0.195. The summed E-state index contributed by atoms with van der Waals surface area (Å²) >= 11 is 0. The van der Waals surface area contributed by atoms with E-state index in [4.69, 9.17) is 0 Å². The van der Waals surface area contributed by atoms with Crippen LogP contribution in [-0.2, 0) is 19.3 Å². The predicted molar refractivity (Wildman–Crippen MR) is 131 cm³/mol. The number of benzene rings is 4. The molecule has 4 aromatic carbocycles. The molecule has 4 aromatic rings. The van der Waals surface area contributed by atoms with Gasteiger partial charge in [0.05, 0.1) is 0 Å². The molecule has 5 heteroatoms. The molecule has 0 amide bonds. The first-order chi connectivity index (χ1) is 16.9. The normalized spacial score (nSPS) is 10.9. The van der Waals surface area contributed by atoms with E-state index in [-0.39, 0.29) is 5.82 Å². The zero-order valence-electron chi connectivity index (χ0n) is 19.3. The van der Waals surface area contributed by atoms with Crippen molar-refractivity contribution in [3.8, 4) is 17.6 Å². The number of hydrogen-bond acceptors (Lipinski definition) is 1. The van der Waals surface area contributed by atoms with Crippen LogP contribution in [0.4, 0.5) is 17.6 Å². The summed E-state index contributed by atoms with van der Waals surface area (Å²) in [5.41, 5.74) is 4.08. The lowest BCUT2D eigenvalue weighted by molar-refractivity contribution is -0.0522. The summed E-state index contributed by atoms with van der Waals surface area (Å²) < 4.78 is 57.8. The fourth-order valence-electron chi connectivity index (χ4n) is 3.97. The van der Waals surface area contributed by atoms with E-state index in [2.05, 4.69) is 35.6 Å². The first kappa shape index (κ1) is 24.3. The van der Waals surface area contributed by atoms with Gasteiger partial charge in [-0.05, 0) is 77.7 Å². The topological polar surface area (TPSA) is 9.23 Å². The summed E-state index contributed by atoms with van der Waals surface area (Å²) in [6, 6.07) is 20.9. The molecule has 0 heterocycles. The van der Waals surface area contributed by atoms with Gasteiger partial charge < -0.3 is 4.74 Å². The lowest BCUT2D eigenvalue weighted by Gasteiger charge is -2.09. The first-order valence-electron chi connectivity index (χ1n) is 11.5. The molecule has 0 bridgehead atoms. The van der Waals surface area contributed by atoms with E-state index >= 15 is 4.39 Å². The molecule has 0 radical (unpaired) electrons. The van der Waals surface area contributed by atoms with Crippen LogP contribution in [0.15, 0.2) is 72.8 Å². The van der Waals surface area contributed by atoms with Crippen LogP contribution in [0.2, 0.25) is 0 Å². The third-order valence-electron chi connectivity index (χ3n) is 5.77. The third-order valence-corrected chi connectivity index (χ3v) is 5.77. The number of hydrogen-bond donors (Lipinski definition) is 0. The molecule has 0 aliphatic heterocycles. The van der Waals surface area contributed by atoms with Crippen LogP contribution < -0.4 is 4.74 Å². The lowest BCUT2D eigenvalue weighted by atomic mass is 9.99. The number of halogens is 4. The zero-order chi connectivity index (χ0) is 24.8. The molecular weight excluding hydrogens is 452 g/mol. The highest BCUT2D eigenvalue weighted by Gasteiger charge is 2.12. The maximum atomic E-state index is 15.1. The molecule has 0 unspecified atom stereocenters. The summed E-state index contributed by atoms with van der Waals surface area (Å²) in [4.78, 5) is 0.